The number of carbonyl (C=O) groups excluding carboxylic acids is 1. The first-order valence-electron chi connectivity index (χ1n) is 8.13. The predicted molar refractivity (Wildman–Crippen MR) is 99.0 cm³/mol. The molecule has 0 aromatic carbocycles. The Balaban J connectivity index is 0.00000208. The monoisotopic (exact) mass is 370 g/mol. The summed E-state index contributed by atoms with van der Waals surface area (Å²) in [5, 5.41) is 5.81. The molecule has 1 atom stereocenters. The topological polar surface area (TPSA) is 67.2 Å². The predicted octanol–water partition coefficient (Wildman–Crippen LogP) is 1.87. The molecule has 1 aliphatic heterocycles. The first-order valence-corrected chi connectivity index (χ1v) is 9.01. The van der Waals surface area contributed by atoms with Gasteiger partial charge in [0.1, 0.15) is 4.83 Å². The fourth-order valence-corrected chi connectivity index (χ4v) is 3.79. The van der Waals surface area contributed by atoms with Crippen LogP contribution in [0.3, 0.4) is 0 Å². The van der Waals surface area contributed by atoms with Crippen LogP contribution < -0.4 is 10.9 Å². The van der Waals surface area contributed by atoms with Crippen LogP contribution in [0.25, 0.3) is 10.2 Å². The number of carbonyl (C=O) groups is 1. The lowest BCUT2D eigenvalue weighted by atomic mass is 10.2. The van der Waals surface area contributed by atoms with Crippen LogP contribution in [0.15, 0.2) is 22.6 Å². The molecule has 1 amide bonds. The summed E-state index contributed by atoms with van der Waals surface area (Å²) in [7, 11) is 0. The number of nitrogens with one attached hydrogen (secondary N) is 1. The van der Waals surface area contributed by atoms with Crippen LogP contribution in [-0.2, 0) is 11.3 Å². The van der Waals surface area contributed by atoms with Crippen molar-refractivity contribution in [1.82, 2.24) is 19.8 Å². The highest BCUT2D eigenvalue weighted by Gasteiger charge is 2.25. The zero-order chi connectivity index (χ0) is 16.2. The maximum absolute atomic E-state index is 12.6. The van der Waals surface area contributed by atoms with Crippen molar-refractivity contribution in [1.29, 1.82) is 0 Å². The zero-order valence-corrected chi connectivity index (χ0v) is 15.4. The van der Waals surface area contributed by atoms with Crippen molar-refractivity contribution in [2.24, 2.45) is 0 Å². The Hall–Kier alpha value is -1.44. The molecule has 8 heteroatoms. The molecule has 2 aromatic rings. The van der Waals surface area contributed by atoms with E-state index in [0.29, 0.717) is 18.4 Å². The van der Waals surface area contributed by atoms with Gasteiger partial charge in [0.2, 0.25) is 5.91 Å². The molecule has 0 aliphatic carbocycles. The second-order valence-electron chi connectivity index (χ2n) is 5.87. The van der Waals surface area contributed by atoms with E-state index in [9.17, 15) is 9.59 Å². The molecule has 6 nitrogen and oxygen atoms in total. The first-order chi connectivity index (χ1) is 11.2. The lowest BCUT2D eigenvalue weighted by Gasteiger charge is -2.28. The van der Waals surface area contributed by atoms with Gasteiger partial charge >= 0.3 is 0 Å². The van der Waals surface area contributed by atoms with Gasteiger partial charge in [0.25, 0.3) is 5.56 Å². The Bertz CT molecular complexity index is 739. The van der Waals surface area contributed by atoms with Crippen LogP contribution in [0.2, 0.25) is 0 Å². The molecular formula is C16H23ClN4O2S. The molecule has 1 fully saturated rings. The van der Waals surface area contributed by atoms with E-state index in [-0.39, 0.29) is 29.9 Å². The van der Waals surface area contributed by atoms with Crippen LogP contribution in [0, 0.1) is 0 Å². The normalized spacial score (nSPS) is 17.0. The van der Waals surface area contributed by atoms with E-state index in [1.54, 1.807) is 17.0 Å². The molecule has 0 bridgehead atoms. The zero-order valence-electron chi connectivity index (χ0n) is 13.7. The van der Waals surface area contributed by atoms with E-state index < -0.39 is 0 Å². The molecule has 1 saturated heterocycles. The number of nitrogens with zero attached hydrogens (tertiary/aromatic N) is 3. The minimum Gasteiger partial charge on any atom is -0.338 e. The fraction of sp³-hybridized carbons (Fsp3) is 0.562. The van der Waals surface area contributed by atoms with Gasteiger partial charge in [-0.2, -0.15) is 0 Å². The number of thiophene rings is 1. The molecule has 0 saturated carbocycles. The second-order valence-corrected chi connectivity index (χ2v) is 6.76. The lowest BCUT2D eigenvalue weighted by molar-refractivity contribution is -0.133. The van der Waals surface area contributed by atoms with Crippen LogP contribution in [0.5, 0.6) is 0 Å². The standard InChI is InChI=1S/C16H22N4O2S.ClH/c1-2-7-20(12-3-6-17-10-12)14(21)4-8-19-11-18-15-13(16(19)22)5-9-23-15;/h5,9,11-12,17H,2-4,6-8,10H2,1H3;1H. The van der Waals surface area contributed by atoms with Crippen LogP contribution in [-0.4, -0.2) is 46.0 Å². The molecule has 1 aliphatic rings. The van der Waals surface area contributed by atoms with E-state index in [1.807, 2.05) is 10.3 Å². The summed E-state index contributed by atoms with van der Waals surface area (Å²) in [5.74, 6) is 0.123. The quantitative estimate of drug-likeness (QED) is 0.842. The van der Waals surface area contributed by atoms with Gasteiger partial charge in [0.15, 0.2) is 0 Å². The molecule has 3 heterocycles. The second kappa shape index (κ2) is 8.60. The summed E-state index contributed by atoms with van der Waals surface area (Å²) in [5.41, 5.74) is -0.0615. The molecule has 0 spiro atoms. The number of fused-ring (bicyclic) bond motifs is 1. The third-order valence-electron chi connectivity index (χ3n) is 4.28. The molecule has 1 N–H and O–H groups in total. The van der Waals surface area contributed by atoms with Gasteiger partial charge < -0.3 is 10.2 Å². The summed E-state index contributed by atoms with van der Waals surface area (Å²) < 4.78 is 1.55. The molecule has 24 heavy (non-hydrogen) atoms. The van der Waals surface area contributed by atoms with Crippen molar-refractivity contribution in [3.05, 3.63) is 28.1 Å². The smallest absolute Gasteiger partial charge is 0.262 e. The number of hydrogen-bond donors (Lipinski definition) is 1. The number of hydrogen-bond acceptors (Lipinski definition) is 5. The number of aryl methyl sites for hydroxylation is 1. The van der Waals surface area contributed by atoms with Crippen molar-refractivity contribution < 1.29 is 4.79 Å². The van der Waals surface area contributed by atoms with Crippen molar-refractivity contribution in [2.45, 2.75) is 38.8 Å². The van der Waals surface area contributed by atoms with Gasteiger partial charge in [-0.15, -0.1) is 23.7 Å². The summed E-state index contributed by atoms with van der Waals surface area (Å²) in [6, 6.07) is 2.08. The third-order valence-corrected chi connectivity index (χ3v) is 5.10. The molecule has 0 radical (unpaired) electrons. The largest absolute Gasteiger partial charge is 0.338 e. The van der Waals surface area contributed by atoms with Gasteiger partial charge in [-0.3, -0.25) is 14.2 Å². The van der Waals surface area contributed by atoms with E-state index in [4.69, 9.17) is 0 Å². The molecule has 3 rings (SSSR count). The molecule has 132 valence electrons. The van der Waals surface area contributed by atoms with Crippen molar-refractivity contribution in [2.75, 3.05) is 19.6 Å². The van der Waals surface area contributed by atoms with Crippen LogP contribution in [0.1, 0.15) is 26.2 Å². The lowest BCUT2D eigenvalue weighted by Crippen LogP contribution is -2.42. The Morgan fingerprint density at radius 3 is 3.08 bits per heavy atom. The Morgan fingerprint density at radius 1 is 1.54 bits per heavy atom. The highest BCUT2D eigenvalue weighted by Crippen LogP contribution is 2.14. The SMILES string of the molecule is CCCN(C(=O)CCn1cnc2sccc2c1=O)C1CCNC1.Cl. The van der Waals surface area contributed by atoms with Crippen molar-refractivity contribution >= 4 is 39.9 Å². The molecular weight excluding hydrogens is 348 g/mol. The van der Waals surface area contributed by atoms with Crippen molar-refractivity contribution in [3.8, 4) is 0 Å². The Morgan fingerprint density at radius 2 is 2.38 bits per heavy atom. The average Bonchev–Trinajstić information content (AvgIpc) is 3.23. The van der Waals surface area contributed by atoms with Gasteiger partial charge in [0, 0.05) is 32.1 Å². The van der Waals surface area contributed by atoms with E-state index in [2.05, 4.69) is 17.2 Å². The van der Waals surface area contributed by atoms with E-state index in [0.717, 1.165) is 37.3 Å². The van der Waals surface area contributed by atoms with Gasteiger partial charge in [-0.05, 0) is 30.8 Å². The Kier molecular flexibility index (Phi) is 6.77. The number of amides is 1. The highest BCUT2D eigenvalue weighted by molar-refractivity contribution is 7.16. The summed E-state index contributed by atoms with van der Waals surface area (Å²) in [6.45, 7) is 5.09. The maximum Gasteiger partial charge on any atom is 0.262 e. The van der Waals surface area contributed by atoms with Gasteiger partial charge in [0.05, 0.1) is 11.7 Å². The van der Waals surface area contributed by atoms with E-state index >= 15 is 0 Å². The fourth-order valence-electron chi connectivity index (χ4n) is 3.07. The summed E-state index contributed by atoms with van der Waals surface area (Å²) in [4.78, 5) is 31.9. The minimum atomic E-state index is -0.0615. The Labute approximate surface area is 151 Å². The van der Waals surface area contributed by atoms with Crippen molar-refractivity contribution in [3.63, 3.8) is 0 Å². The van der Waals surface area contributed by atoms with Gasteiger partial charge in [-0.1, -0.05) is 6.92 Å². The summed E-state index contributed by atoms with van der Waals surface area (Å²) in [6.07, 6.45) is 3.85. The maximum atomic E-state index is 12.6. The number of halogens is 1. The summed E-state index contributed by atoms with van der Waals surface area (Å²) >= 11 is 1.46. The molecule has 1 unspecified atom stereocenters. The third kappa shape index (κ3) is 3.96. The first kappa shape index (κ1) is 18.9. The van der Waals surface area contributed by atoms with Gasteiger partial charge in [-0.25, -0.2) is 4.98 Å². The minimum absolute atomic E-state index is 0. The average molecular weight is 371 g/mol. The number of rotatable bonds is 6. The highest BCUT2D eigenvalue weighted by atomic mass is 35.5. The number of aromatic nitrogens is 2. The van der Waals surface area contributed by atoms with Crippen LogP contribution >= 0.6 is 23.7 Å². The molecule has 2 aromatic heterocycles. The van der Waals surface area contributed by atoms with E-state index in [1.165, 1.54) is 11.3 Å². The van der Waals surface area contributed by atoms with Crippen LogP contribution in [0.4, 0.5) is 0 Å².